The average Bonchev–Trinajstić information content (AvgIpc) is 3.51. The van der Waals surface area contributed by atoms with Crippen LogP contribution in [0.2, 0.25) is 5.15 Å². The van der Waals surface area contributed by atoms with Gasteiger partial charge in [0.05, 0.1) is 6.61 Å². The molecule has 0 radical (unpaired) electrons. The standard InChI is InChI=1S/C20H22ClN3O2/c21-18-2-1-3-19(22-18)23-10-12-24(13-11-23)20(25)16-6-8-17(9-7-16)26-14-15-4-5-15/h1-3,6-9,15H,4-5,10-14H2. The first-order chi connectivity index (χ1) is 12.7. The molecule has 0 spiro atoms. The molecule has 1 aromatic heterocycles. The molecule has 2 aromatic rings. The largest absolute Gasteiger partial charge is 0.493 e. The van der Waals surface area contributed by atoms with Crippen molar-refractivity contribution in [3.63, 3.8) is 0 Å². The summed E-state index contributed by atoms with van der Waals surface area (Å²) in [6, 6.07) is 13.1. The summed E-state index contributed by atoms with van der Waals surface area (Å²) >= 11 is 5.97. The number of rotatable bonds is 5. The number of halogens is 1. The van der Waals surface area contributed by atoms with Gasteiger partial charge in [0.15, 0.2) is 0 Å². The predicted octanol–water partition coefficient (Wildman–Crippen LogP) is 3.49. The van der Waals surface area contributed by atoms with Crippen LogP contribution in [0.25, 0.3) is 0 Å². The van der Waals surface area contributed by atoms with Crippen molar-refractivity contribution < 1.29 is 9.53 Å². The van der Waals surface area contributed by atoms with Crippen LogP contribution < -0.4 is 9.64 Å². The van der Waals surface area contributed by atoms with Crippen LogP contribution in [0.15, 0.2) is 42.5 Å². The summed E-state index contributed by atoms with van der Waals surface area (Å²) in [5.74, 6) is 2.49. The van der Waals surface area contributed by atoms with Gasteiger partial charge in [-0.05, 0) is 55.2 Å². The molecule has 0 unspecified atom stereocenters. The van der Waals surface area contributed by atoms with Crippen molar-refractivity contribution in [2.75, 3.05) is 37.7 Å². The number of ether oxygens (including phenoxy) is 1. The summed E-state index contributed by atoms with van der Waals surface area (Å²) in [6.45, 7) is 3.63. The minimum Gasteiger partial charge on any atom is -0.493 e. The first kappa shape index (κ1) is 17.2. The fourth-order valence-corrected chi connectivity index (χ4v) is 3.25. The zero-order chi connectivity index (χ0) is 17.9. The van der Waals surface area contributed by atoms with Crippen LogP contribution in [0.5, 0.6) is 5.75 Å². The lowest BCUT2D eigenvalue weighted by Gasteiger charge is -2.35. The van der Waals surface area contributed by atoms with Crippen LogP contribution in [-0.2, 0) is 0 Å². The fraction of sp³-hybridized carbons (Fsp3) is 0.400. The Morgan fingerprint density at radius 2 is 1.81 bits per heavy atom. The highest BCUT2D eigenvalue weighted by Gasteiger charge is 2.24. The van der Waals surface area contributed by atoms with Crippen LogP contribution in [0.4, 0.5) is 5.82 Å². The Bertz CT molecular complexity index is 769. The summed E-state index contributed by atoms with van der Waals surface area (Å²) in [5, 5.41) is 0.491. The highest BCUT2D eigenvalue weighted by molar-refractivity contribution is 6.29. The molecule has 1 aliphatic carbocycles. The van der Waals surface area contributed by atoms with Gasteiger partial charge in [-0.2, -0.15) is 0 Å². The van der Waals surface area contributed by atoms with E-state index in [1.807, 2.05) is 41.3 Å². The summed E-state index contributed by atoms with van der Waals surface area (Å²) in [4.78, 5) is 21.1. The predicted molar refractivity (Wildman–Crippen MR) is 102 cm³/mol. The quantitative estimate of drug-likeness (QED) is 0.755. The van der Waals surface area contributed by atoms with Crippen molar-refractivity contribution in [1.82, 2.24) is 9.88 Å². The van der Waals surface area contributed by atoms with E-state index in [1.54, 1.807) is 6.07 Å². The SMILES string of the molecule is O=C(c1ccc(OCC2CC2)cc1)N1CCN(c2cccc(Cl)n2)CC1. The number of piperazine rings is 1. The van der Waals surface area contributed by atoms with Gasteiger partial charge >= 0.3 is 0 Å². The van der Waals surface area contributed by atoms with Gasteiger partial charge in [-0.1, -0.05) is 17.7 Å². The first-order valence-electron chi connectivity index (χ1n) is 9.09. The molecule has 2 heterocycles. The summed E-state index contributed by atoms with van der Waals surface area (Å²) < 4.78 is 5.73. The molecule has 0 atom stereocenters. The minimum atomic E-state index is 0.0671. The van der Waals surface area contributed by atoms with Crippen molar-refractivity contribution in [2.24, 2.45) is 5.92 Å². The maximum atomic E-state index is 12.7. The van der Waals surface area contributed by atoms with E-state index in [9.17, 15) is 4.79 Å². The normalized spacial score (nSPS) is 17.3. The molecular weight excluding hydrogens is 350 g/mol. The van der Waals surface area contributed by atoms with E-state index < -0.39 is 0 Å². The second-order valence-electron chi connectivity index (χ2n) is 6.88. The van der Waals surface area contributed by atoms with E-state index in [4.69, 9.17) is 16.3 Å². The molecule has 6 heteroatoms. The van der Waals surface area contributed by atoms with Crippen LogP contribution >= 0.6 is 11.6 Å². The number of hydrogen-bond donors (Lipinski definition) is 0. The van der Waals surface area contributed by atoms with Gasteiger partial charge in [-0.3, -0.25) is 4.79 Å². The second-order valence-corrected chi connectivity index (χ2v) is 7.26. The number of aromatic nitrogens is 1. The van der Waals surface area contributed by atoms with Crippen LogP contribution in [0, 0.1) is 5.92 Å². The molecule has 1 saturated carbocycles. The van der Waals surface area contributed by atoms with Gasteiger partial charge in [-0.25, -0.2) is 4.98 Å². The molecule has 5 nitrogen and oxygen atoms in total. The van der Waals surface area contributed by atoms with Crippen molar-refractivity contribution in [1.29, 1.82) is 0 Å². The number of anilines is 1. The van der Waals surface area contributed by atoms with Crippen molar-refractivity contribution in [3.8, 4) is 5.75 Å². The highest BCUT2D eigenvalue weighted by Crippen LogP contribution is 2.29. The topological polar surface area (TPSA) is 45.7 Å². The molecule has 4 rings (SSSR count). The van der Waals surface area contributed by atoms with E-state index in [-0.39, 0.29) is 5.91 Å². The molecule has 2 aliphatic rings. The second kappa shape index (κ2) is 7.54. The van der Waals surface area contributed by atoms with Crippen LogP contribution in [-0.4, -0.2) is 48.6 Å². The van der Waals surface area contributed by atoms with E-state index in [2.05, 4.69) is 9.88 Å². The van der Waals surface area contributed by atoms with Gasteiger partial charge in [0.1, 0.15) is 16.7 Å². The van der Waals surface area contributed by atoms with E-state index in [1.165, 1.54) is 12.8 Å². The number of amides is 1. The lowest BCUT2D eigenvalue weighted by Crippen LogP contribution is -2.49. The third kappa shape index (κ3) is 4.10. The van der Waals surface area contributed by atoms with Gasteiger partial charge in [0.2, 0.25) is 0 Å². The molecular formula is C20H22ClN3O2. The summed E-state index contributed by atoms with van der Waals surface area (Å²) in [6.07, 6.45) is 2.54. The van der Waals surface area contributed by atoms with Crippen LogP contribution in [0.1, 0.15) is 23.2 Å². The molecule has 0 N–H and O–H groups in total. The van der Waals surface area contributed by atoms with Gasteiger partial charge in [0, 0.05) is 31.7 Å². The highest BCUT2D eigenvalue weighted by atomic mass is 35.5. The molecule has 2 fully saturated rings. The Morgan fingerprint density at radius 1 is 1.08 bits per heavy atom. The Labute approximate surface area is 158 Å². The summed E-state index contributed by atoms with van der Waals surface area (Å²) in [5.41, 5.74) is 0.707. The monoisotopic (exact) mass is 371 g/mol. The van der Waals surface area contributed by atoms with Crippen molar-refractivity contribution in [2.45, 2.75) is 12.8 Å². The van der Waals surface area contributed by atoms with Gasteiger partial charge < -0.3 is 14.5 Å². The smallest absolute Gasteiger partial charge is 0.253 e. The Hall–Kier alpha value is -2.27. The third-order valence-corrected chi connectivity index (χ3v) is 5.09. The Balaban J connectivity index is 1.32. The lowest BCUT2D eigenvalue weighted by molar-refractivity contribution is 0.0746. The van der Waals surface area contributed by atoms with Crippen LogP contribution in [0.3, 0.4) is 0 Å². The lowest BCUT2D eigenvalue weighted by atomic mass is 10.1. The minimum absolute atomic E-state index is 0.0671. The third-order valence-electron chi connectivity index (χ3n) is 4.88. The molecule has 1 saturated heterocycles. The Kier molecular flexibility index (Phi) is 4.98. The number of benzene rings is 1. The molecule has 0 bridgehead atoms. The molecule has 26 heavy (non-hydrogen) atoms. The number of nitrogens with zero attached hydrogens (tertiary/aromatic N) is 3. The number of carbonyl (C=O) groups is 1. The molecule has 136 valence electrons. The average molecular weight is 372 g/mol. The zero-order valence-electron chi connectivity index (χ0n) is 14.6. The van der Waals surface area contributed by atoms with E-state index in [0.717, 1.165) is 37.2 Å². The maximum Gasteiger partial charge on any atom is 0.253 e. The molecule has 1 aliphatic heterocycles. The fourth-order valence-electron chi connectivity index (χ4n) is 3.09. The molecule has 1 amide bonds. The first-order valence-corrected chi connectivity index (χ1v) is 9.46. The van der Waals surface area contributed by atoms with E-state index in [0.29, 0.717) is 23.8 Å². The Morgan fingerprint density at radius 3 is 2.46 bits per heavy atom. The maximum absolute atomic E-state index is 12.7. The van der Waals surface area contributed by atoms with Gasteiger partial charge in [-0.15, -0.1) is 0 Å². The van der Waals surface area contributed by atoms with Gasteiger partial charge in [0.25, 0.3) is 5.91 Å². The number of carbonyl (C=O) groups excluding carboxylic acids is 1. The van der Waals surface area contributed by atoms with Crippen molar-refractivity contribution in [3.05, 3.63) is 53.2 Å². The molecule has 1 aromatic carbocycles. The van der Waals surface area contributed by atoms with E-state index >= 15 is 0 Å². The van der Waals surface area contributed by atoms with Crippen molar-refractivity contribution >= 4 is 23.3 Å². The number of hydrogen-bond acceptors (Lipinski definition) is 4. The zero-order valence-corrected chi connectivity index (χ0v) is 15.4. The number of pyridine rings is 1. The summed E-state index contributed by atoms with van der Waals surface area (Å²) in [7, 11) is 0.